The van der Waals surface area contributed by atoms with Crippen LogP contribution in [0.15, 0.2) is 30.3 Å². The Kier molecular flexibility index (Phi) is 8.61. The normalized spacial score (nSPS) is 10.8. The molecule has 144 valence electrons. The number of amides is 2. The molecule has 7 nitrogen and oxygen atoms in total. The predicted molar refractivity (Wildman–Crippen MR) is 97.3 cm³/mol. The number of rotatable bonds is 8. The third kappa shape index (κ3) is 9.66. The van der Waals surface area contributed by atoms with Crippen molar-refractivity contribution in [3.05, 3.63) is 35.9 Å². The number of esters is 1. The molecule has 0 saturated carbocycles. The Balaban J connectivity index is 2.19. The van der Waals surface area contributed by atoms with Crippen molar-refractivity contribution >= 4 is 18.0 Å². The summed E-state index contributed by atoms with van der Waals surface area (Å²) < 4.78 is 10.2. The molecular weight excluding hydrogens is 336 g/mol. The van der Waals surface area contributed by atoms with Crippen LogP contribution in [0.2, 0.25) is 0 Å². The molecule has 26 heavy (non-hydrogen) atoms. The number of carbonyl (C=O) groups is 3. The van der Waals surface area contributed by atoms with Gasteiger partial charge in [-0.25, -0.2) is 4.79 Å². The first kappa shape index (κ1) is 21.5. The topological polar surface area (TPSA) is 84.9 Å². The van der Waals surface area contributed by atoms with E-state index < -0.39 is 17.7 Å². The summed E-state index contributed by atoms with van der Waals surface area (Å²) in [7, 11) is 1.62. The van der Waals surface area contributed by atoms with Crippen molar-refractivity contribution in [2.45, 2.75) is 45.8 Å². The van der Waals surface area contributed by atoms with Crippen LogP contribution < -0.4 is 5.32 Å². The molecule has 0 radical (unpaired) electrons. The van der Waals surface area contributed by atoms with Crippen LogP contribution in [0, 0.1) is 0 Å². The molecule has 0 bridgehead atoms. The van der Waals surface area contributed by atoms with E-state index in [1.165, 1.54) is 4.90 Å². The van der Waals surface area contributed by atoms with Gasteiger partial charge in [-0.15, -0.1) is 0 Å². The maximum absolute atomic E-state index is 12.0. The van der Waals surface area contributed by atoms with E-state index >= 15 is 0 Å². The summed E-state index contributed by atoms with van der Waals surface area (Å²) in [4.78, 5) is 36.7. The van der Waals surface area contributed by atoms with Crippen molar-refractivity contribution in [3.63, 3.8) is 0 Å². The predicted octanol–water partition coefficient (Wildman–Crippen LogP) is 2.49. The monoisotopic (exact) mass is 364 g/mol. The van der Waals surface area contributed by atoms with Gasteiger partial charge in [-0.2, -0.15) is 0 Å². The molecule has 0 heterocycles. The molecule has 1 aromatic rings. The lowest BCUT2D eigenvalue weighted by atomic mass is 10.2. The summed E-state index contributed by atoms with van der Waals surface area (Å²) in [5.74, 6) is -0.602. The molecule has 2 amide bonds. The zero-order valence-electron chi connectivity index (χ0n) is 15.9. The van der Waals surface area contributed by atoms with Gasteiger partial charge in [0.1, 0.15) is 12.2 Å². The number of ether oxygens (including phenoxy) is 2. The van der Waals surface area contributed by atoms with Gasteiger partial charge in [-0.05, 0) is 26.3 Å². The number of likely N-dealkylation sites (N-methyl/N-ethyl adjacent to an activating group) is 1. The van der Waals surface area contributed by atoms with Crippen LogP contribution in [0.25, 0.3) is 0 Å². The minimum absolute atomic E-state index is 0.0233. The van der Waals surface area contributed by atoms with Crippen LogP contribution in [0.5, 0.6) is 0 Å². The average molecular weight is 364 g/mol. The summed E-state index contributed by atoms with van der Waals surface area (Å²) in [6, 6.07) is 9.35. The fourth-order valence-electron chi connectivity index (χ4n) is 1.97. The van der Waals surface area contributed by atoms with Crippen LogP contribution in [-0.4, -0.2) is 48.6 Å². The van der Waals surface area contributed by atoms with Crippen LogP contribution in [0.1, 0.15) is 39.2 Å². The SMILES string of the molecule is CN(CCNC(=O)OC(C)(C)C)C(=O)CCC(=O)OCc1ccccc1. The molecule has 0 saturated heterocycles. The Morgan fingerprint density at radius 1 is 1.08 bits per heavy atom. The summed E-state index contributed by atoms with van der Waals surface area (Å²) in [5.41, 5.74) is 0.337. The van der Waals surface area contributed by atoms with E-state index in [-0.39, 0.29) is 31.9 Å². The molecule has 7 heteroatoms. The van der Waals surface area contributed by atoms with E-state index in [1.54, 1.807) is 27.8 Å². The molecule has 0 aliphatic carbocycles. The van der Waals surface area contributed by atoms with Crippen LogP contribution in [0.3, 0.4) is 0 Å². The van der Waals surface area contributed by atoms with Gasteiger partial charge in [-0.1, -0.05) is 30.3 Å². The highest BCUT2D eigenvalue weighted by Gasteiger charge is 2.16. The molecule has 0 atom stereocenters. The third-order valence-corrected chi connectivity index (χ3v) is 3.33. The van der Waals surface area contributed by atoms with Gasteiger partial charge in [-0.3, -0.25) is 9.59 Å². The highest BCUT2D eigenvalue weighted by Crippen LogP contribution is 2.06. The number of hydrogen-bond donors (Lipinski definition) is 1. The molecule has 0 spiro atoms. The van der Waals surface area contributed by atoms with Crippen molar-refractivity contribution in [2.24, 2.45) is 0 Å². The van der Waals surface area contributed by atoms with Crippen LogP contribution in [-0.2, 0) is 25.7 Å². The van der Waals surface area contributed by atoms with Crippen molar-refractivity contribution in [2.75, 3.05) is 20.1 Å². The standard InChI is InChI=1S/C19H28N2O5/c1-19(2,3)26-18(24)20-12-13-21(4)16(22)10-11-17(23)25-14-15-8-6-5-7-9-15/h5-9H,10-14H2,1-4H3,(H,20,24). The first-order chi connectivity index (χ1) is 12.2. The van der Waals surface area contributed by atoms with E-state index in [9.17, 15) is 14.4 Å². The van der Waals surface area contributed by atoms with Gasteiger partial charge in [0.25, 0.3) is 0 Å². The van der Waals surface area contributed by atoms with E-state index in [4.69, 9.17) is 9.47 Å². The Hall–Kier alpha value is -2.57. The fourth-order valence-corrected chi connectivity index (χ4v) is 1.97. The van der Waals surface area contributed by atoms with E-state index in [0.29, 0.717) is 6.54 Å². The minimum Gasteiger partial charge on any atom is -0.461 e. The lowest BCUT2D eigenvalue weighted by Crippen LogP contribution is -2.38. The number of nitrogens with zero attached hydrogens (tertiary/aromatic N) is 1. The summed E-state index contributed by atoms with van der Waals surface area (Å²) in [6.07, 6.45) is -0.436. The van der Waals surface area contributed by atoms with Crippen LogP contribution >= 0.6 is 0 Å². The summed E-state index contributed by atoms with van der Waals surface area (Å²) in [6.45, 7) is 6.13. The Morgan fingerprint density at radius 3 is 2.35 bits per heavy atom. The Morgan fingerprint density at radius 2 is 1.73 bits per heavy atom. The maximum Gasteiger partial charge on any atom is 0.407 e. The summed E-state index contributed by atoms with van der Waals surface area (Å²) in [5, 5.41) is 2.58. The van der Waals surface area contributed by atoms with Crippen molar-refractivity contribution in [1.82, 2.24) is 10.2 Å². The van der Waals surface area contributed by atoms with E-state index in [1.807, 2.05) is 30.3 Å². The zero-order valence-corrected chi connectivity index (χ0v) is 15.9. The molecule has 0 unspecified atom stereocenters. The van der Waals surface area contributed by atoms with Crippen molar-refractivity contribution in [1.29, 1.82) is 0 Å². The lowest BCUT2D eigenvalue weighted by molar-refractivity contribution is -0.147. The van der Waals surface area contributed by atoms with Crippen molar-refractivity contribution in [3.8, 4) is 0 Å². The largest absolute Gasteiger partial charge is 0.461 e. The summed E-state index contributed by atoms with van der Waals surface area (Å²) >= 11 is 0. The minimum atomic E-state index is -0.564. The molecule has 0 aliphatic heterocycles. The second kappa shape index (κ2) is 10.4. The number of alkyl carbamates (subject to hydrolysis) is 1. The highest BCUT2D eigenvalue weighted by atomic mass is 16.6. The quantitative estimate of drug-likeness (QED) is 0.717. The Bertz CT molecular complexity index is 596. The first-order valence-corrected chi connectivity index (χ1v) is 8.58. The Labute approximate surface area is 154 Å². The number of benzene rings is 1. The third-order valence-electron chi connectivity index (χ3n) is 3.33. The van der Waals surface area contributed by atoms with E-state index in [2.05, 4.69) is 5.32 Å². The zero-order chi connectivity index (χ0) is 19.6. The van der Waals surface area contributed by atoms with Gasteiger partial charge in [0.15, 0.2) is 0 Å². The van der Waals surface area contributed by atoms with Crippen LogP contribution in [0.4, 0.5) is 4.79 Å². The molecule has 0 aromatic heterocycles. The van der Waals surface area contributed by atoms with Gasteiger partial charge >= 0.3 is 12.1 Å². The fraction of sp³-hybridized carbons (Fsp3) is 0.526. The smallest absolute Gasteiger partial charge is 0.407 e. The number of nitrogens with one attached hydrogen (secondary N) is 1. The first-order valence-electron chi connectivity index (χ1n) is 8.58. The maximum atomic E-state index is 12.0. The highest BCUT2D eigenvalue weighted by molar-refractivity contribution is 5.81. The molecule has 0 aliphatic rings. The van der Waals surface area contributed by atoms with Crippen molar-refractivity contribution < 1.29 is 23.9 Å². The molecule has 1 aromatic carbocycles. The average Bonchev–Trinajstić information content (AvgIpc) is 2.57. The molecule has 1 rings (SSSR count). The van der Waals surface area contributed by atoms with Gasteiger partial charge in [0.05, 0.1) is 6.42 Å². The van der Waals surface area contributed by atoms with Gasteiger partial charge < -0.3 is 19.7 Å². The van der Waals surface area contributed by atoms with Gasteiger partial charge in [0.2, 0.25) is 5.91 Å². The number of carbonyl (C=O) groups excluding carboxylic acids is 3. The second-order valence-corrected chi connectivity index (χ2v) is 6.89. The molecular formula is C19H28N2O5. The molecule has 0 fully saturated rings. The lowest BCUT2D eigenvalue weighted by Gasteiger charge is -2.21. The number of hydrogen-bond acceptors (Lipinski definition) is 5. The second-order valence-electron chi connectivity index (χ2n) is 6.89. The molecule has 1 N–H and O–H groups in total. The van der Waals surface area contributed by atoms with Gasteiger partial charge in [0, 0.05) is 26.6 Å². The van der Waals surface area contributed by atoms with E-state index in [0.717, 1.165) is 5.56 Å².